The third kappa shape index (κ3) is 2.65. The average molecular weight is 373 g/mol. The molecule has 0 radical (unpaired) electrons. The lowest BCUT2D eigenvalue weighted by Gasteiger charge is -2.38. The standard InChI is InChI=1S/C22H19N3O3/c1-27-20-6-2-5-17-19-12-18(14-7-9-16(26)10-8-14)24-25(19)22(28-21(17)20)15-4-3-11-23-13-15/h2-11,13,19,22,26H,12H2,1H3/t19-,22-/m0/s1. The second-order valence-electron chi connectivity index (χ2n) is 6.83. The van der Waals surface area contributed by atoms with Crippen molar-refractivity contribution in [2.75, 3.05) is 7.11 Å². The van der Waals surface area contributed by atoms with E-state index in [4.69, 9.17) is 14.6 Å². The number of para-hydroxylation sites is 1. The first-order chi connectivity index (χ1) is 13.7. The van der Waals surface area contributed by atoms with Crippen molar-refractivity contribution in [3.63, 3.8) is 0 Å². The van der Waals surface area contributed by atoms with Crippen molar-refractivity contribution in [3.8, 4) is 17.2 Å². The predicted molar refractivity (Wildman–Crippen MR) is 104 cm³/mol. The molecule has 0 spiro atoms. The summed E-state index contributed by atoms with van der Waals surface area (Å²) in [5, 5.41) is 16.5. The molecule has 3 heterocycles. The summed E-state index contributed by atoms with van der Waals surface area (Å²) in [4.78, 5) is 4.25. The Morgan fingerprint density at radius 2 is 1.96 bits per heavy atom. The molecular weight excluding hydrogens is 354 g/mol. The van der Waals surface area contributed by atoms with Gasteiger partial charge in [0.25, 0.3) is 0 Å². The van der Waals surface area contributed by atoms with E-state index in [0.717, 1.165) is 34.6 Å². The van der Waals surface area contributed by atoms with Gasteiger partial charge in [-0.15, -0.1) is 0 Å². The first-order valence-corrected chi connectivity index (χ1v) is 9.13. The molecule has 0 bridgehead atoms. The Balaban J connectivity index is 1.61. The Morgan fingerprint density at radius 1 is 1.11 bits per heavy atom. The summed E-state index contributed by atoms with van der Waals surface area (Å²) < 4.78 is 11.9. The molecule has 5 rings (SSSR count). The molecule has 6 nitrogen and oxygen atoms in total. The van der Waals surface area contributed by atoms with Crippen molar-refractivity contribution >= 4 is 5.71 Å². The van der Waals surface area contributed by atoms with Crippen molar-refractivity contribution in [3.05, 3.63) is 83.7 Å². The first-order valence-electron chi connectivity index (χ1n) is 9.13. The number of methoxy groups -OCH3 is 1. The Kier molecular flexibility index (Phi) is 3.90. The van der Waals surface area contributed by atoms with Crippen LogP contribution in [0.2, 0.25) is 0 Å². The van der Waals surface area contributed by atoms with Crippen molar-refractivity contribution in [1.82, 2.24) is 9.99 Å². The Hall–Kier alpha value is -3.54. The van der Waals surface area contributed by atoms with Gasteiger partial charge in [-0.25, -0.2) is 5.01 Å². The maximum Gasteiger partial charge on any atom is 0.215 e. The van der Waals surface area contributed by atoms with Gasteiger partial charge >= 0.3 is 0 Å². The maximum atomic E-state index is 9.59. The highest BCUT2D eigenvalue weighted by Crippen LogP contribution is 2.50. The lowest BCUT2D eigenvalue weighted by Crippen LogP contribution is -2.33. The highest BCUT2D eigenvalue weighted by molar-refractivity contribution is 6.02. The lowest BCUT2D eigenvalue weighted by molar-refractivity contribution is -0.0211. The van der Waals surface area contributed by atoms with Crippen LogP contribution in [0.25, 0.3) is 0 Å². The van der Waals surface area contributed by atoms with Gasteiger partial charge in [0.2, 0.25) is 6.23 Å². The maximum absolute atomic E-state index is 9.59. The number of hydrogen-bond acceptors (Lipinski definition) is 6. The monoisotopic (exact) mass is 373 g/mol. The lowest BCUT2D eigenvalue weighted by atomic mass is 9.95. The third-order valence-corrected chi connectivity index (χ3v) is 5.17. The largest absolute Gasteiger partial charge is 0.508 e. The van der Waals surface area contributed by atoms with Gasteiger partial charge in [0, 0.05) is 29.9 Å². The van der Waals surface area contributed by atoms with E-state index < -0.39 is 6.23 Å². The third-order valence-electron chi connectivity index (χ3n) is 5.17. The molecule has 2 aliphatic heterocycles. The minimum Gasteiger partial charge on any atom is -0.508 e. The highest BCUT2D eigenvalue weighted by atomic mass is 16.5. The number of aromatic nitrogens is 1. The zero-order valence-electron chi connectivity index (χ0n) is 15.3. The number of phenolic OH excluding ortho intramolecular Hbond substituents is 1. The molecule has 0 amide bonds. The van der Waals surface area contributed by atoms with Gasteiger partial charge in [0.1, 0.15) is 5.75 Å². The van der Waals surface area contributed by atoms with E-state index in [1.807, 2.05) is 41.4 Å². The van der Waals surface area contributed by atoms with Crippen molar-refractivity contribution < 1.29 is 14.6 Å². The van der Waals surface area contributed by atoms with E-state index in [0.29, 0.717) is 5.75 Å². The normalized spacial score (nSPS) is 20.0. The summed E-state index contributed by atoms with van der Waals surface area (Å²) in [5.41, 5.74) is 3.93. The predicted octanol–water partition coefficient (Wildman–Crippen LogP) is 4.04. The van der Waals surface area contributed by atoms with E-state index in [-0.39, 0.29) is 11.8 Å². The Morgan fingerprint density at radius 3 is 2.71 bits per heavy atom. The molecule has 140 valence electrons. The van der Waals surface area contributed by atoms with E-state index in [1.54, 1.807) is 31.6 Å². The molecule has 0 aliphatic carbocycles. The van der Waals surface area contributed by atoms with E-state index in [9.17, 15) is 5.11 Å². The number of ether oxygens (including phenoxy) is 2. The van der Waals surface area contributed by atoms with E-state index in [2.05, 4.69) is 11.1 Å². The Bertz CT molecular complexity index is 1030. The number of fused-ring (bicyclic) bond motifs is 3. The van der Waals surface area contributed by atoms with Crippen molar-refractivity contribution in [2.45, 2.75) is 18.7 Å². The fraction of sp³-hybridized carbons (Fsp3) is 0.182. The molecule has 2 atom stereocenters. The number of hydrazone groups is 1. The quantitative estimate of drug-likeness (QED) is 0.751. The molecule has 0 fully saturated rings. The molecule has 0 unspecified atom stereocenters. The minimum atomic E-state index is -0.392. The fourth-order valence-electron chi connectivity index (χ4n) is 3.81. The molecule has 6 heteroatoms. The van der Waals surface area contributed by atoms with Gasteiger partial charge in [-0.1, -0.05) is 18.2 Å². The van der Waals surface area contributed by atoms with Gasteiger partial charge in [0.15, 0.2) is 11.5 Å². The van der Waals surface area contributed by atoms with Crippen LogP contribution in [0.15, 0.2) is 72.1 Å². The van der Waals surface area contributed by atoms with Crippen LogP contribution in [-0.4, -0.2) is 27.9 Å². The number of nitrogens with zero attached hydrogens (tertiary/aromatic N) is 3. The Labute approximate surface area is 162 Å². The number of rotatable bonds is 3. The number of phenols is 1. The smallest absolute Gasteiger partial charge is 0.215 e. The van der Waals surface area contributed by atoms with Crippen LogP contribution in [0, 0.1) is 0 Å². The summed E-state index contributed by atoms with van der Waals surface area (Å²) in [6, 6.07) is 17.0. The topological polar surface area (TPSA) is 67.2 Å². The molecule has 1 aromatic heterocycles. The number of aromatic hydroxyl groups is 1. The van der Waals surface area contributed by atoms with Crippen LogP contribution in [0.4, 0.5) is 0 Å². The molecule has 28 heavy (non-hydrogen) atoms. The van der Waals surface area contributed by atoms with Gasteiger partial charge in [-0.3, -0.25) is 4.98 Å². The molecular formula is C22H19N3O3. The van der Waals surface area contributed by atoms with Gasteiger partial charge in [-0.2, -0.15) is 5.10 Å². The summed E-state index contributed by atoms with van der Waals surface area (Å²) in [5.74, 6) is 1.71. The zero-order valence-corrected chi connectivity index (χ0v) is 15.3. The first kappa shape index (κ1) is 16.6. The van der Waals surface area contributed by atoms with Crippen LogP contribution in [-0.2, 0) is 0 Å². The zero-order chi connectivity index (χ0) is 19.1. The number of hydrogen-bond donors (Lipinski definition) is 1. The van der Waals surface area contributed by atoms with Crippen LogP contribution in [0.3, 0.4) is 0 Å². The van der Waals surface area contributed by atoms with Crippen LogP contribution >= 0.6 is 0 Å². The molecule has 2 aliphatic rings. The van der Waals surface area contributed by atoms with Gasteiger partial charge in [0.05, 0.1) is 18.9 Å². The second-order valence-corrected chi connectivity index (χ2v) is 6.83. The highest BCUT2D eigenvalue weighted by Gasteiger charge is 2.42. The summed E-state index contributed by atoms with van der Waals surface area (Å²) in [7, 11) is 1.65. The molecule has 1 N–H and O–H groups in total. The second kappa shape index (κ2) is 6.56. The van der Waals surface area contributed by atoms with E-state index >= 15 is 0 Å². The molecule has 0 saturated carbocycles. The molecule has 3 aromatic rings. The van der Waals surface area contributed by atoms with E-state index in [1.165, 1.54) is 0 Å². The van der Waals surface area contributed by atoms with Crippen LogP contribution < -0.4 is 9.47 Å². The van der Waals surface area contributed by atoms with Crippen molar-refractivity contribution in [1.29, 1.82) is 0 Å². The van der Waals surface area contributed by atoms with Gasteiger partial charge < -0.3 is 14.6 Å². The summed E-state index contributed by atoms with van der Waals surface area (Å²) >= 11 is 0. The number of benzene rings is 2. The minimum absolute atomic E-state index is 0.0351. The molecule has 0 saturated heterocycles. The van der Waals surface area contributed by atoms with Crippen LogP contribution in [0.1, 0.15) is 35.4 Å². The van der Waals surface area contributed by atoms with Crippen molar-refractivity contribution in [2.24, 2.45) is 5.10 Å². The summed E-state index contributed by atoms with van der Waals surface area (Å²) in [6.45, 7) is 0. The van der Waals surface area contributed by atoms with Gasteiger partial charge in [-0.05, 0) is 42.0 Å². The SMILES string of the molecule is COc1cccc2c1O[C@@H](c1cccnc1)N1N=C(c3ccc(O)cc3)C[C@@H]21. The number of pyridine rings is 1. The van der Waals surface area contributed by atoms with Crippen LogP contribution in [0.5, 0.6) is 17.2 Å². The average Bonchev–Trinajstić information content (AvgIpc) is 3.19. The summed E-state index contributed by atoms with van der Waals surface area (Å²) in [6.07, 6.45) is 3.89. The fourth-order valence-corrected chi connectivity index (χ4v) is 3.81. The molecule has 2 aromatic carbocycles.